The SMILES string of the molecule is CC1C/C=C/COCc2[nH]c(nc2-c2ccc(-c3ccc(-c4c[nH]c(C5CCCN5C(=O)OCc5ccccc5)n4)cc3)cc2)C2CCCN2C1=O. The molecule has 2 saturated heterocycles. The number of H-pyrrole nitrogens is 2. The van der Waals surface area contributed by atoms with Gasteiger partial charge in [0.05, 0.1) is 42.4 Å². The summed E-state index contributed by atoms with van der Waals surface area (Å²) in [5.41, 5.74) is 7.78. The van der Waals surface area contributed by atoms with Gasteiger partial charge in [-0.1, -0.05) is 97.9 Å². The number of hydrogen-bond acceptors (Lipinski definition) is 6. The van der Waals surface area contributed by atoms with Gasteiger partial charge in [0.15, 0.2) is 0 Å². The second kappa shape index (κ2) is 15.0. The molecule has 10 heteroatoms. The topological polar surface area (TPSA) is 116 Å². The third-order valence-electron chi connectivity index (χ3n) is 10.5. The van der Waals surface area contributed by atoms with E-state index < -0.39 is 0 Å². The van der Waals surface area contributed by atoms with Gasteiger partial charge >= 0.3 is 6.09 Å². The average Bonchev–Trinajstić information content (AvgIpc) is 4.02. The number of nitrogens with zero attached hydrogens (tertiary/aromatic N) is 4. The van der Waals surface area contributed by atoms with Crippen LogP contribution in [-0.4, -0.2) is 61.4 Å². The van der Waals surface area contributed by atoms with Gasteiger partial charge in [0.25, 0.3) is 0 Å². The van der Waals surface area contributed by atoms with Crippen molar-refractivity contribution < 1.29 is 19.1 Å². The summed E-state index contributed by atoms with van der Waals surface area (Å²) in [5, 5.41) is 0. The van der Waals surface area contributed by atoms with Crippen molar-refractivity contribution in [2.24, 2.45) is 5.92 Å². The molecule has 2 aromatic heterocycles. The first-order valence-electron chi connectivity index (χ1n) is 18.4. The van der Waals surface area contributed by atoms with Crippen molar-refractivity contribution in [3.8, 4) is 33.6 Å². The van der Waals surface area contributed by atoms with E-state index in [1.807, 2.05) is 54.4 Å². The predicted octanol–water partition coefficient (Wildman–Crippen LogP) is 8.38. The summed E-state index contributed by atoms with van der Waals surface area (Å²) in [6.45, 7) is 4.57. The van der Waals surface area contributed by atoms with E-state index in [0.29, 0.717) is 26.2 Å². The van der Waals surface area contributed by atoms with Crippen LogP contribution in [0.1, 0.15) is 74.0 Å². The Bertz CT molecular complexity index is 2030. The highest BCUT2D eigenvalue weighted by Crippen LogP contribution is 2.36. The first kappa shape index (κ1) is 33.7. The Morgan fingerprint density at radius 1 is 0.846 bits per heavy atom. The number of imidazole rings is 2. The van der Waals surface area contributed by atoms with Gasteiger partial charge in [-0.05, 0) is 48.8 Å². The van der Waals surface area contributed by atoms with Crippen LogP contribution in [0.5, 0.6) is 0 Å². The third-order valence-corrected chi connectivity index (χ3v) is 10.5. The molecule has 266 valence electrons. The maximum absolute atomic E-state index is 13.3. The van der Waals surface area contributed by atoms with Gasteiger partial charge in [-0.15, -0.1) is 0 Å². The molecule has 3 unspecified atom stereocenters. The number of rotatable bonds is 6. The number of benzene rings is 3. The molecule has 3 aliphatic rings. The fraction of sp³-hybridized carbons (Fsp3) is 0.333. The zero-order valence-electron chi connectivity index (χ0n) is 29.5. The van der Waals surface area contributed by atoms with Crippen LogP contribution in [0.2, 0.25) is 0 Å². The lowest BCUT2D eigenvalue weighted by molar-refractivity contribution is -0.136. The lowest BCUT2D eigenvalue weighted by atomic mass is 10.0. The first-order chi connectivity index (χ1) is 25.5. The van der Waals surface area contributed by atoms with E-state index in [4.69, 9.17) is 19.4 Å². The minimum absolute atomic E-state index is 0.0471. The molecule has 2 N–H and O–H groups in total. The van der Waals surface area contributed by atoms with Gasteiger partial charge in [0, 0.05) is 36.3 Å². The summed E-state index contributed by atoms with van der Waals surface area (Å²) in [6.07, 6.45) is 9.99. The van der Waals surface area contributed by atoms with Gasteiger partial charge in [-0.2, -0.15) is 0 Å². The van der Waals surface area contributed by atoms with Gasteiger partial charge in [0.2, 0.25) is 5.91 Å². The smallest absolute Gasteiger partial charge is 0.410 e. The fourth-order valence-electron chi connectivity index (χ4n) is 7.61. The zero-order chi connectivity index (χ0) is 35.4. The molecule has 2 fully saturated rings. The molecule has 3 aliphatic heterocycles. The van der Waals surface area contributed by atoms with Crippen molar-refractivity contribution in [3.63, 3.8) is 0 Å². The van der Waals surface area contributed by atoms with E-state index in [-0.39, 0.29) is 36.6 Å². The minimum atomic E-state index is -0.313. The Hall–Kier alpha value is -5.48. The number of aromatic amines is 2. The number of carbonyl (C=O) groups is 2. The molecule has 5 heterocycles. The molecule has 0 aliphatic carbocycles. The van der Waals surface area contributed by atoms with Crippen molar-refractivity contribution in [2.45, 2.75) is 64.3 Å². The molecule has 3 atom stereocenters. The second-order valence-corrected chi connectivity index (χ2v) is 14.0. The van der Waals surface area contributed by atoms with Crippen LogP contribution in [-0.2, 0) is 27.5 Å². The van der Waals surface area contributed by atoms with Crippen molar-refractivity contribution in [3.05, 3.63) is 120 Å². The Balaban J connectivity index is 0.956. The summed E-state index contributed by atoms with van der Waals surface area (Å²) >= 11 is 0. The fourth-order valence-corrected chi connectivity index (χ4v) is 7.61. The van der Waals surface area contributed by atoms with Crippen LogP contribution >= 0.6 is 0 Å². The van der Waals surface area contributed by atoms with Crippen LogP contribution in [0.4, 0.5) is 4.79 Å². The molecule has 10 nitrogen and oxygen atoms in total. The molecule has 2 bridgehead atoms. The number of fused-ring (bicyclic) bond motifs is 4. The number of hydrogen-bond donors (Lipinski definition) is 2. The molecule has 5 aromatic rings. The highest BCUT2D eigenvalue weighted by Gasteiger charge is 2.35. The standard InChI is InChI=1S/C42H44N6O4/c1-28-9-5-6-24-51-27-35-38(46-40(45-35)37-13-7-22-47(37)41(28)49)33-20-16-31(17-21-33)30-14-18-32(19-15-30)34-25-43-39(44-34)36-12-8-23-48(36)42(50)52-26-29-10-3-2-4-11-29/h2-6,10-11,14-21,25,28,36-37H,7-9,12-13,22-24,26-27H2,1H3,(H,43,44)(H,45,46)/b6-5+. The lowest BCUT2D eigenvalue weighted by Gasteiger charge is -2.26. The highest BCUT2D eigenvalue weighted by atomic mass is 16.6. The van der Waals surface area contributed by atoms with Crippen molar-refractivity contribution in [1.82, 2.24) is 29.7 Å². The number of carbonyl (C=O) groups excluding carboxylic acids is 2. The number of ether oxygens (including phenoxy) is 2. The number of amides is 2. The molecule has 3 aromatic carbocycles. The number of nitrogens with one attached hydrogen (secondary N) is 2. The molecule has 0 saturated carbocycles. The van der Waals surface area contributed by atoms with E-state index in [1.54, 1.807) is 4.90 Å². The highest BCUT2D eigenvalue weighted by molar-refractivity contribution is 5.79. The summed E-state index contributed by atoms with van der Waals surface area (Å²) in [5.74, 6) is 1.73. The number of allylic oxidation sites excluding steroid dienone is 1. The van der Waals surface area contributed by atoms with Crippen LogP contribution in [0.25, 0.3) is 33.6 Å². The number of aromatic nitrogens is 4. The summed E-state index contributed by atoms with van der Waals surface area (Å²) in [6, 6.07) is 26.4. The maximum Gasteiger partial charge on any atom is 0.410 e. The minimum Gasteiger partial charge on any atom is -0.445 e. The van der Waals surface area contributed by atoms with E-state index in [2.05, 4.69) is 64.6 Å². The van der Waals surface area contributed by atoms with Gasteiger partial charge in [0.1, 0.15) is 18.3 Å². The monoisotopic (exact) mass is 696 g/mol. The quantitative estimate of drug-likeness (QED) is 0.172. The average molecular weight is 697 g/mol. The normalized spacial score (nSPS) is 21.2. The van der Waals surface area contributed by atoms with E-state index in [0.717, 1.165) is 88.8 Å². The lowest BCUT2D eigenvalue weighted by Crippen LogP contribution is -2.35. The summed E-state index contributed by atoms with van der Waals surface area (Å²) < 4.78 is 11.6. The molecule has 0 spiro atoms. The van der Waals surface area contributed by atoms with E-state index in [1.165, 1.54) is 0 Å². The van der Waals surface area contributed by atoms with E-state index in [9.17, 15) is 9.59 Å². The second-order valence-electron chi connectivity index (χ2n) is 14.0. The Kier molecular flexibility index (Phi) is 9.72. The van der Waals surface area contributed by atoms with Crippen molar-refractivity contribution in [2.75, 3.05) is 19.7 Å². The van der Waals surface area contributed by atoms with Crippen LogP contribution < -0.4 is 0 Å². The Morgan fingerprint density at radius 3 is 2.35 bits per heavy atom. The van der Waals surface area contributed by atoms with Crippen molar-refractivity contribution >= 4 is 12.0 Å². The van der Waals surface area contributed by atoms with Crippen LogP contribution in [0.15, 0.2) is 97.2 Å². The largest absolute Gasteiger partial charge is 0.445 e. The van der Waals surface area contributed by atoms with Crippen molar-refractivity contribution in [1.29, 1.82) is 0 Å². The molecule has 52 heavy (non-hydrogen) atoms. The Labute approximate surface area is 303 Å². The van der Waals surface area contributed by atoms with Gasteiger partial charge in [-0.3, -0.25) is 9.69 Å². The first-order valence-corrected chi connectivity index (χ1v) is 18.4. The molecular weight excluding hydrogens is 652 g/mol. The molecular formula is C42H44N6O4. The Morgan fingerprint density at radius 2 is 1.56 bits per heavy atom. The summed E-state index contributed by atoms with van der Waals surface area (Å²) in [7, 11) is 0. The zero-order valence-corrected chi connectivity index (χ0v) is 29.5. The third kappa shape index (κ3) is 7.03. The maximum atomic E-state index is 13.3. The molecule has 0 radical (unpaired) electrons. The van der Waals surface area contributed by atoms with E-state index >= 15 is 0 Å². The number of likely N-dealkylation sites (tertiary alicyclic amines) is 1. The molecule has 8 rings (SSSR count). The van der Waals surface area contributed by atoms with Crippen LogP contribution in [0.3, 0.4) is 0 Å². The van der Waals surface area contributed by atoms with Crippen LogP contribution in [0, 0.1) is 5.92 Å². The molecule has 2 amide bonds. The predicted molar refractivity (Wildman–Crippen MR) is 199 cm³/mol. The van der Waals surface area contributed by atoms with Gasteiger partial charge < -0.3 is 24.3 Å². The van der Waals surface area contributed by atoms with Gasteiger partial charge in [-0.25, -0.2) is 14.8 Å². The summed E-state index contributed by atoms with van der Waals surface area (Å²) in [4.78, 5) is 46.9.